The van der Waals surface area contributed by atoms with Crippen molar-refractivity contribution >= 4 is 39.8 Å². The Labute approximate surface area is 156 Å². The highest BCUT2D eigenvalue weighted by molar-refractivity contribution is 7.15. The number of halogens is 2. The Morgan fingerprint density at radius 3 is 2.07 bits per heavy atom. The van der Waals surface area contributed by atoms with Crippen LogP contribution in [0.2, 0.25) is 0 Å². The lowest BCUT2D eigenvalue weighted by Gasteiger charge is -2.08. The van der Waals surface area contributed by atoms with E-state index in [2.05, 4.69) is 26.1 Å². The number of urea groups is 1. The van der Waals surface area contributed by atoms with Crippen molar-refractivity contribution in [1.29, 1.82) is 0 Å². The molecule has 0 spiro atoms. The summed E-state index contributed by atoms with van der Waals surface area (Å²) in [5, 5.41) is 14.0. The smallest absolute Gasteiger partial charge is 0.308 e. The third-order valence-electron chi connectivity index (χ3n) is 3.28. The Balaban J connectivity index is 1.57. The molecule has 138 valence electrons. The van der Waals surface area contributed by atoms with Crippen LogP contribution in [0.15, 0.2) is 54.6 Å². The van der Waals surface area contributed by atoms with Crippen LogP contribution in [-0.4, -0.2) is 22.1 Å². The van der Waals surface area contributed by atoms with Crippen LogP contribution in [0.3, 0.4) is 0 Å². The van der Waals surface area contributed by atoms with E-state index in [1.165, 1.54) is 12.1 Å². The number of hydrogen-bond donors (Lipinski definition) is 3. The molecule has 3 amide bonds. The monoisotopic (exact) mass is 389 g/mol. The highest BCUT2D eigenvalue weighted by atomic mass is 32.1. The van der Waals surface area contributed by atoms with Gasteiger partial charge in [0.2, 0.25) is 5.13 Å². The molecule has 3 rings (SSSR count). The van der Waals surface area contributed by atoms with Gasteiger partial charge in [0.15, 0.2) is 5.01 Å². The lowest BCUT2D eigenvalue weighted by atomic mass is 10.2. The number of amides is 3. The minimum Gasteiger partial charge on any atom is -0.308 e. The molecule has 0 bridgehead atoms. The van der Waals surface area contributed by atoms with Crippen molar-refractivity contribution in [3.05, 3.63) is 65.2 Å². The lowest BCUT2D eigenvalue weighted by molar-refractivity contribution is 0.102. The van der Waals surface area contributed by atoms with Gasteiger partial charge < -0.3 is 10.6 Å². The average molecular weight is 389 g/mol. The van der Waals surface area contributed by atoms with Crippen molar-refractivity contribution in [3.8, 4) is 0 Å². The van der Waals surface area contributed by atoms with Gasteiger partial charge in [-0.1, -0.05) is 29.5 Å². The molecule has 0 aliphatic carbocycles. The van der Waals surface area contributed by atoms with Crippen molar-refractivity contribution in [3.63, 3.8) is 0 Å². The molecule has 3 aromatic rings. The highest BCUT2D eigenvalue weighted by Gasteiger charge is 2.16. The number of rotatable bonds is 5. The van der Waals surface area contributed by atoms with Gasteiger partial charge in [0.1, 0.15) is 0 Å². The van der Waals surface area contributed by atoms with E-state index in [1.807, 2.05) is 6.07 Å². The van der Waals surface area contributed by atoms with E-state index in [-0.39, 0.29) is 10.7 Å². The number of carbonyl (C=O) groups is 2. The van der Waals surface area contributed by atoms with Crippen molar-refractivity contribution < 1.29 is 18.4 Å². The third kappa shape index (κ3) is 5.05. The van der Waals surface area contributed by atoms with Crippen LogP contribution < -0.4 is 16.0 Å². The minimum atomic E-state index is -2.74. The summed E-state index contributed by atoms with van der Waals surface area (Å²) in [6, 6.07) is 14.6. The Morgan fingerprint density at radius 1 is 0.852 bits per heavy atom. The number of carbonyl (C=O) groups excluding carboxylic acids is 2. The van der Waals surface area contributed by atoms with Crippen molar-refractivity contribution in [2.24, 2.45) is 0 Å². The molecular weight excluding hydrogens is 376 g/mol. The lowest BCUT2D eigenvalue weighted by Crippen LogP contribution is -2.19. The van der Waals surface area contributed by atoms with E-state index in [1.54, 1.807) is 36.4 Å². The van der Waals surface area contributed by atoms with Crippen molar-refractivity contribution in [2.75, 3.05) is 16.0 Å². The molecule has 10 heteroatoms. The fourth-order valence-corrected chi connectivity index (χ4v) is 2.66. The van der Waals surface area contributed by atoms with Crippen LogP contribution in [-0.2, 0) is 0 Å². The molecule has 0 saturated carbocycles. The standard InChI is InChI=1S/C17H13F2N5O2S/c18-13(19)15-23-24-17(27-15)22-14(25)10-6-8-12(9-7-10)21-16(26)20-11-4-2-1-3-5-11/h1-9,13H,(H2,20,21,26)(H,22,24,25). The summed E-state index contributed by atoms with van der Waals surface area (Å²) in [6.07, 6.45) is -2.74. The maximum absolute atomic E-state index is 12.5. The van der Waals surface area contributed by atoms with Gasteiger partial charge in [-0.2, -0.15) is 0 Å². The summed E-state index contributed by atoms with van der Waals surface area (Å²) in [7, 11) is 0. The third-order valence-corrected chi connectivity index (χ3v) is 4.13. The zero-order valence-corrected chi connectivity index (χ0v) is 14.5. The summed E-state index contributed by atoms with van der Waals surface area (Å²) in [5.41, 5.74) is 1.40. The molecular formula is C17H13F2N5O2S. The molecule has 0 atom stereocenters. The zero-order valence-electron chi connectivity index (χ0n) is 13.6. The first-order valence-corrected chi connectivity index (χ1v) is 8.49. The van der Waals surface area contributed by atoms with E-state index in [0.717, 1.165) is 0 Å². The molecule has 1 heterocycles. The normalized spacial score (nSPS) is 10.5. The Morgan fingerprint density at radius 2 is 1.48 bits per heavy atom. The number of alkyl halides is 2. The summed E-state index contributed by atoms with van der Waals surface area (Å²) < 4.78 is 25.0. The fourth-order valence-electron chi connectivity index (χ4n) is 2.06. The SMILES string of the molecule is O=C(Nc1ccccc1)Nc1ccc(C(=O)Nc2nnc(C(F)F)s2)cc1. The molecule has 0 aliphatic heterocycles. The molecule has 27 heavy (non-hydrogen) atoms. The molecule has 0 radical (unpaired) electrons. The quantitative estimate of drug-likeness (QED) is 0.604. The van der Waals surface area contributed by atoms with Gasteiger partial charge in [-0.3, -0.25) is 10.1 Å². The number of nitrogens with one attached hydrogen (secondary N) is 3. The molecule has 0 saturated heterocycles. The van der Waals surface area contributed by atoms with E-state index < -0.39 is 23.4 Å². The second-order valence-corrected chi connectivity index (χ2v) is 6.23. The van der Waals surface area contributed by atoms with E-state index >= 15 is 0 Å². The number of anilines is 3. The van der Waals surface area contributed by atoms with Gasteiger partial charge in [0.05, 0.1) is 0 Å². The van der Waals surface area contributed by atoms with Crippen LogP contribution >= 0.6 is 11.3 Å². The number of para-hydroxylation sites is 1. The Hall–Kier alpha value is -3.40. The number of aromatic nitrogens is 2. The molecule has 1 aromatic heterocycles. The molecule has 2 aromatic carbocycles. The van der Waals surface area contributed by atoms with Gasteiger partial charge >= 0.3 is 6.03 Å². The van der Waals surface area contributed by atoms with Crippen LogP contribution in [0.1, 0.15) is 21.8 Å². The zero-order chi connectivity index (χ0) is 19.2. The van der Waals surface area contributed by atoms with Gasteiger partial charge in [-0.05, 0) is 36.4 Å². The van der Waals surface area contributed by atoms with Crippen molar-refractivity contribution in [2.45, 2.75) is 6.43 Å². The molecule has 0 unspecified atom stereocenters. The maximum Gasteiger partial charge on any atom is 0.323 e. The van der Waals surface area contributed by atoms with Gasteiger partial charge in [-0.25, -0.2) is 13.6 Å². The predicted octanol–water partition coefficient (Wildman–Crippen LogP) is 4.37. The van der Waals surface area contributed by atoms with E-state index in [0.29, 0.717) is 22.7 Å². The van der Waals surface area contributed by atoms with Crippen LogP contribution in [0, 0.1) is 0 Å². The second kappa shape index (κ2) is 8.32. The molecule has 3 N–H and O–H groups in total. The van der Waals surface area contributed by atoms with Crippen LogP contribution in [0.25, 0.3) is 0 Å². The first kappa shape index (κ1) is 18.4. The Bertz CT molecular complexity index is 932. The summed E-state index contributed by atoms with van der Waals surface area (Å²) in [5.74, 6) is -0.521. The van der Waals surface area contributed by atoms with Gasteiger partial charge in [0.25, 0.3) is 12.3 Å². The fraction of sp³-hybridized carbons (Fsp3) is 0.0588. The minimum absolute atomic E-state index is 0.0141. The maximum atomic E-state index is 12.5. The van der Waals surface area contributed by atoms with Crippen LogP contribution in [0.5, 0.6) is 0 Å². The number of hydrogen-bond acceptors (Lipinski definition) is 5. The second-order valence-electron chi connectivity index (χ2n) is 5.22. The summed E-state index contributed by atoms with van der Waals surface area (Å²) >= 11 is 0.607. The first-order valence-electron chi connectivity index (χ1n) is 7.67. The molecule has 0 aliphatic rings. The molecule has 0 fully saturated rings. The largest absolute Gasteiger partial charge is 0.323 e. The predicted molar refractivity (Wildman–Crippen MR) is 98.3 cm³/mol. The van der Waals surface area contributed by atoms with Crippen LogP contribution in [0.4, 0.5) is 30.1 Å². The van der Waals surface area contributed by atoms with E-state index in [4.69, 9.17) is 0 Å². The number of benzene rings is 2. The van der Waals surface area contributed by atoms with Crippen molar-refractivity contribution in [1.82, 2.24) is 10.2 Å². The molecule has 7 nitrogen and oxygen atoms in total. The highest BCUT2D eigenvalue weighted by Crippen LogP contribution is 2.25. The van der Waals surface area contributed by atoms with Gasteiger partial charge in [0, 0.05) is 16.9 Å². The van der Waals surface area contributed by atoms with Gasteiger partial charge in [-0.15, -0.1) is 10.2 Å². The average Bonchev–Trinajstić information content (AvgIpc) is 3.12. The summed E-state index contributed by atoms with van der Waals surface area (Å²) in [6.45, 7) is 0. The first-order chi connectivity index (χ1) is 13.0. The Kier molecular flexibility index (Phi) is 5.67. The van der Waals surface area contributed by atoms with E-state index in [9.17, 15) is 18.4 Å². The summed E-state index contributed by atoms with van der Waals surface area (Å²) in [4.78, 5) is 24.0. The number of nitrogens with zero attached hydrogens (tertiary/aromatic N) is 2. The topological polar surface area (TPSA) is 96.0 Å².